The van der Waals surface area contributed by atoms with E-state index in [0.717, 1.165) is 16.5 Å². The number of piperidine rings is 1. The number of rotatable bonds is 10. The van der Waals surface area contributed by atoms with Gasteiger partial charge in [0.25, 0.3) is 5.91 Å². The van der Waals surface area contributed by atoms with E-state index in [0.29, 0.717) is 37.9 Å². The van der Waals surface area contributed by atoms with Gasteiger partial charge in [0.2, 0.25) is 10.0 Å². The van der Waals surface area contributed by atoms with Crippen LogP contribution in [-0.4, -0.2) is 82.5 Å². The first-order valence-electron chi connectivity index (χ1n) is 14.7. The summed E-state index contributed by atoms with van der Waals surface area (Å²) >= 11 is 0. The van der Waals surface area contributed by atoms with Gasteiger partial charge in [0.05, 0.1) is 25.0 Å². The maximum absolute atomic E-state index is 13.3. The summed E-state index contributed by atoms with van der Waals surface area (Å²) in [5, 5.41) is 22.8. The predicted molar refractivity (Wildman–Crippen MR) is 152 cm³/mol. The number of fused-ring (bicyclic) bond motifs is 1. The van der Waals surface area contributed by atoms with Crippen molar-refractivity contribution in [2.45, 2.75) is 82.2 Å². The molecule has 1 saturated heterocycles. The number of sulfonamides is 1. The lowest BCUT2D eigenvalue weighted by Gasteiger charge is -2.34. The van der Waals surface area contributed by atoms with Crippen molar-refractivity contribution in [3.8, 4) is 0 Å². The van der Waals surface area contributed by atoms with Crippen molar-refractivity contribution in [2.75, 3.05) is 25.4 Å². The van der Waals surface area contributed by atoms with Crippen molar-refractivity contribution in [2.24, 2.45) is 16.8 Å². The SMILES string of the molecule is O=C1NC(C2CCC(CCC(F)(F)F)CC2)=NC12CCN(S(=O)(=O)CCc1cccc3c1ccn3CC(O)CO)CC2. The summed E-state index contributed by atoms with van der Waals surface area (Å²) in [6, 6.07) is 7.51. The van der Waals surface area contributed by atoms with Crippen LogP contribution in [0, 0.1) is 11.8 Å². The van der Waals surface area contributed by atoms with Crippen LogP contribution in [0.1, 0.15) is 56.9 Å². The molecule has 1 unspecified atom stereocenters. The number of aryl methyl sites for hydroxylation is 1. The number of carbonyl (C=O) groups excluding carboxylic acids is 1. The number of alkyl halides is 3. The van der Waals surface area contributed by atoms with Crippen molar-refractivity contribution in [1.29, 1.82) is 0 Å². The minimum atomic E-state index is -4.14. The Labute approximate surface area is 243 Å². The molecule has 1 spiro atoms. The predicted octanol–water partition coefficient (Wildman–Crippen LogP) is 3.38. The lowest BCUT2D eigenvalue weighted by atomic mass is 9.79. The minimum Gasteiger partial charge on any atom is -0.394 e. The smallest absolute Gasteiger partial charge is 0.389 e. The quantitative estimate of drug-likeness (QED) is 0.380. The van der Waals surface area contributed by atoms with Gasteiger partial charge in [-0.2, -0.15) is 13.2 Å². The Kier molecular flexibility index (Phi) is 9.03. The molecule has 1 aromatic heterocycles. The van der Waals surface area contributed by atoms with E-state index in [9.17, 15) is 31.5 Å². The molecule has 3 aliphatic rings. The second-order valence-electron chi connectivity index (χ2n) is 12.0. The highest BCUT2D eigenvalue weighted by molar-refractivity contribution is 7.89. The number of amides is 1. The van der Waals surface area contributed by atoms with Gasteiger partial charge in [0, 0.05) is 42.5 Å². The average molecular weight is 613 g/mol. The Hall–Kier alpha value is -2.48. The van der Waals surface area contributed by atoms with E-state index in [2.05, 4.69) is 5.32 Å². The lowest BCUT2D eigenvalue weighted by molar-refractivity contribution is -0.138. The van der Waals surface area contributed by atoms with Crippen molar-refractivity contribution < 1.29 is 36.6 Å². The molecular weight excluding hydrogens is 573 g/mol. The van der Waals surface area contributed by atoms with Crippen molar-refractivity contribution in [1.82, 2.24) is 14.2 Å². The monoisotopic (exact) mass is 612 g/mol. The number of aliphatic hydroxyl groups excluding tert-OH is 2. The van der Waals surface area contributed by atoms with E-state index < -0.39 is 34.3 Å². The third-order valence-electron chi connectivity index (χ3n) is 9.16. The minimum absolute atomic E-state index is 0.0155. The normalized spacial score (nSPS) is 24.2. The molecule has 1 saturated carbocycles. The van der Waals surface area contributed by atoms with Crippen molar-refractivity contribution in [3.63, 3.8) is 0 Å². The van der Waals surface area contributed by atoms with E-state index in [1.807, 2.05) is 35.0 Å². The number of amidine groups is 1. The molecule has 232 valence electrons. The van der Waals surface area contributed by atoms with Crippen LogP contribution >= 0.6 is 0 Å². The van der Waals surface area contributed by atoms with E-state index >= 15 is 0 Å². The highest BCUT2D eigenvalue weighted by Gasteiger charge is 2.48. The van der Waals surface area contributed by atoms with Crippen LogP contribution in [0.2, 0.25) is 0 Å². The molecule has 13 heteroatoms. The molecular formula is C29H39F3N4O5S. The molecule has 1 amide bonds. The zero-order valence-electron chi connectivity index (χ0n) is 23.5. The van der Waals surface area contributed by atoms with Gasteiger partial charge in [-0.15, -0.1) is 0 Å². The molecule has 2 aliphatic heterocycles. The number of aromatic nitrogens is 1. The summed E-state index contributed by atoms with van der Waals surface area (Å²) in [5.41, 5.74) is 0.745. The van der Waals surface area contributed by atoms with Crippen LogP contribution in [0.4, 0.5) is 13.2 Å². The zero-order valence-corrected chi connectivity index (χ0v) is 24.3. The van der Waals surface area contributed by atoms with Crippen LogP contribution in [0.15, 0.2) is 35.5 Å². The Morgan fingerprint density at radius 1 is 1.12 bits per heavy atom. The number of nitrogens with one attached hydrogen (secondary N) is 1. The number of halogens is 3. The molecule has 2 fully saturated rings. The Morgan fingerprint density at radius 2 is 1.83 bits per heavy atom. The topological polar surface area (TPSA) is 124 Å². The van der Waals surface area contributed by atoms with Crippen LogP contribution in [0.3, 0.4) is 0 Å². The molecule has 0 bridgehead atoms. The molecule has 5 rings (SSSR count). The largest absolute Gasteiger partial charge is 0.394 e. The molecule has 42 heavy (non-hydrogen) atoms. The second-order valence-corrected chi connectivity index (χ2v) is 14.1. The number of hydrogen-bond acceptors (Lipinski definition) is 6. The molecule has 0 radical (unpaired) electrons. The fraction of sp³-hybridized carbons (Fsp3) is 0.655. The van der Waals surface area contributed by atoms with Crippen molar-refractivity contribution in [3.05, 3.63) is 36.0 Å². The Balaban J connectivity index is 1.16. The first kappa shape index (κ1) is 31.0. The van der Waals surface area contributed by atoms with Gasteiger partial charge in [-0.25, -0.2) is 12.7 Å². The van der Waals surface area contributed by atoms with Crippen molar-refractivity contribution >= 4 is 32.7 Å². The van der Waals surface area contributed by atoms with E-state index in [-0.39, 0.29) is 69.0 Å². The number of benzene rings is 1. The van der Waals surface area contributed by atoms with Crippen LogP contribution in [0.5, 0.6) is 0 Å². The highest BCUT2D eigenvalue weighted by Crippen LogP contribution is 2.38. The summed E-state index contributed by atoms with van der Waals surface area (Å²) in [4.78, 5) is 17.8. The third kappa shape index (κ3) is 6.84. The summed E-state index contributed by atoms with van der Waals surface area (Å²) in [6.07, 6.45) is -0.218. The van der Waals surface area contributed by atoms with E-state index in [1.165, 1.54) is 4.31 Å². The molecule has 9 nitrogen and oxygen atoms in total. The molecule has 1 aromatic carbocycles. The number of hydrogen-bond donors (Lipinski definition) is 3. The lowest BCUT2D eigenvalue weighted by Crippen LogP contribution is -2.51. The van der Waals surface area contributed by atoms with Gasteiger partial charge in [-0.05, 0) is 75.0 Å². The second kappa shape index (κ2) is 12.3. The Bertz CT molecular complexity index is 1410. The fourth-order valence-electron chi connectivity index (χ4n) is 6.62. The fourth-order valence-corrected chi connectivity index (χ4v) is 8.09. The number of aliphatic hydroxyl groups is 2. The summed E-state index contributed by atoms with van der Waals surface area (Å²) < 4.78 is 67.6. The van der Waals surface area contributed by atoms with Gasteiger partial charge in [-0.1, -0.05) is 12.1 Å². The first-order chi connectivity index (χ1) is 19.9. The summed E-state index contributed by atoms with van der Waals surface area (Å²) in [5.74, 6) is 0.367. The number of aliphatic imine (C=N–C) groups is 1. The molecule has 1 atom stereocenters. The third-order valence-corrected chi connectivity index (χ3v) is 11.0. The average Bonchev–Trinajstić information content (AvgIpc) is 3.51. The standard InChI is InChI=1S/C29H39F3N4O5S/c30-29(31,32)11-8-20-4-6-22(7-5-20)26-33-27(39)28(34-26)12-15-36(16-13-28)42(40,41)17-10-21-2-1-3-25-24(21)9-14-35(25)18-23(38)19-37/h1-3,9,14,20,22-23,37-38H,4-8,10-13,15-19H2,(H,33,34,39). The van der Waals surface area contributed by atoms with E-state index in [4.69, 9.17) is 10.1 Å². The number of nitrogens with zero attached hydrogens (tertiary/aromatic N) is 3. The number of carbonyl (C=O) groups is 1. The maximum Gasteiger partial charge on any atom is 0.389 e. The van der Waals surface area contributed by atoms with Gasteiger partial charge in [0.1, 0.15) is 11.4 Å². The first-order valence-corrected chi connectivity index (χ1v) is 16.3. The molecule has 3 N–H and O–H groups in total. The van der Waals surface area contributed by atoms with Gasteiger partial charge < -0.3 is 20.1 Å². The maximum atomic E-state index is 13.3. The Morgan fingerprint density at radius 3 is 2.50 bits per heavy atom. The molecule has 1 aliphatic carbocycles. The van der Waals surface area contributed by atoms with E-state index in [1.54, 1.807) is 0 Å². The van der Waals surface area contributed by atoms with Crippen LogP contribution < -0.4 is 5.32 Å². The van der Waals surface area contributed by atoms with Gasteiger partial charge in [0.15, 0.2) is 0 Å². The van der Waals surface area contributed by atoms with Crippen LogP contribution in [0.25, 0.3) is 10.9 Å². The molecule has 3 heterocycles. The summed E-state index contributed by atoms with van der Waals surface area (Å²) in [7, 11) is -3.59. The van der Waals surface area contributed by atoms with Gasteiger partial charge >= 0.3 is 6.18 Å². The molecule has 2 aromatic rings. The highest BCUT2D eigenvalue weighted by atomic mass is 32.2. The zero-order chi connectivity index (χ0) is 30.1. The van der Waals surface area contributed by atoms with Gasteiger partial charge in [-0.3, -0.25) is 9.79 Å². The van der Waals surface area contributed by atoms with Crippen LogP contribution in [-0.2, 0) is 27.8 Å². The summed E-state index contributed by atoms with van der Waals surface area (Å²) in [6.45, 7) is 0.267.